The fourth-order valence-corrected chi connectivity index (χ4v) is 2.26. The Labute approximate surface area is 82.3 Å². The molecule has 2 nitrogen and oxygen atoms in total. The maximum absolute atomic E-state index is 5.71. The number of ether oxygens (including phenoxy) is 1. The molecule has 0 atom stereocenters. The van der Waals surface area contributed by atoms with Crippen molar-refractivity contribution >= 4 is 0 Å². The number of rotatable bonds is 3. The maximum Gasteiger partial charge on any atom is 0.0725 e. The van der Waals surface area contributed by atoms with Crippen molar-refractivity contribution in [2.75, 3.05) is 26.7 Å². The fourth-order valence-electron chi connectivity index (χ4n) is 2.26. The van der Waals surface area contributed by atoms with Gasteiger partial charge in [0.2, 0.25) is 0 Å². The van der Waals surface area contributed by atoms with Crippen LogP contribution < -0.4 is 0 Å². The van der Waals surface area contributed by atoms with Gasteiger partial charge in [0, 0.05) is 20.2 Å². The van der Waals surface area contributed by atoms with E-state index in [1.165, 1.54) is 32.5 Å². The predicted octanol–water partition coefficient (Wildman–Crippen LogP) is 2.14. The summed E-state index contributed by atoms with van der Waals surface area (Å²) in [6.07, 6.45) is 2.38. The van der Waals surface area contributed by atoms with Gasteiger partial charge in [-0.1, -0.05) is 20.8 Å². The van der Waals surface area contributed by atoms with Crippen molar-refractivity contribution in [3.63, 3.8) is 0 Å². The zero-order chi connectivity index (χ0) is 9.90. The first-order valence-corrected chi connectivity index (χ1v) is 5.42. The third-order valence-electron chi connectivity index (χ3n) is 3.61. The van der Waals surface area contributed by atoms with E-state index in [1.807, 2.05) is 7.11 Å². The Bertz CT molecular complexity index is 148. The van der Waals surface area contributed by atoms with E-state index >= 15 is 0 Å². The Morgan fingerprint density at radius 1 is 1.31 bits per heavy atom. The summed E-state index contributed by atoms with van der Waals surface area (Å²) in [5.41, 5.74) is 0.158. The monoisotopic (exact) mass is 185 g/mol. The highest BCUT2D eigenvalue weighted by atomic mass is 16.5. The Morgan fingerprint density at radius 3 is 2.15 bits per heavy atom. The summed E-state index contributed by atoms with van der Waals surface area (Å²) >= 11 is 0. The molecular formula is C11H23NO. The molecule has 1 heterocycles. The van der Waals surface area contributed by atoms with Gasteiger partial charge < -0.3 is 9.64 Å². The van der Waals surface area contributed by atoms with Crippen LogP contribution in [0, 0.1) is 5.92 Å². The molecule has 78 valence electrons. The van der Waals surface area contributed by atoms with Crippen LogP contribution in [0.4, 0.5) is 0 Å². The van der Waals surface area contributed by atoms with E-state index < -0.39 is 0 Å². The summed E-state index contributed by atoms with van der Waals surface area (Å²) in [6, 6.07) is 0. The lowest BCUT2D eigenvalue weighted by molar-refractivity contribution is -0.0878. The summed E-state index contributed by atoms with van der Waals surface area (Å²) < 4.78 is 5.71. The minimum atomic E-state index is 0.158. The zero-order valence-electron chi connectivity index (χ0n) is 9.47. The predicted molar refractivity (Wildman–Crippen MR) is 55.9 cm³/mol. The number of methoxy groups -OCH3 is 1. The standard InChI is InChI=1S/C11H23NO/c1-5-12-8-6-11(13-4,7-9-12)10(2)3/h10H,5-9H2,1-4H3. The Balaban J connectivity index is 2.53. The van der Waals surface area contributed by atoms with Crippen LogP contribution in [0.5, 0.6) is 0 Å². The van der Waals surface area contributed by atoms with Gasteiger partial charge in [0.15, 0.2) is 0 Å². The zero-order valence-corrected chi connectivity index (χ0v) is 9.47. The van der Waals surface area contributed by atoms with Crippen molar-refractivity contribution in [3.8, 4) is 0 Å². The van der Waals surface area contributed by atoms with E-state index in [9.17, 15) is 0 Å². The van der Waals surface area contributed by atoms with E-state index in [0.717, 1.165) is 0 Å². The molecule has 0 spiro atoms. The van der Waals surface area contributed by atoms with E-state index in [4.69, 9.17) is 4.74 Å². The van der Waals surface area contributed by atoms with Crippen LogP contribution in [0.15, 0.2) is 0 Å². The largest absolute Gasteiger partial charge is 0.378 e. The van der Waals surface area contributed by atoms with Crippen LogP contribution >= 0.6 is 0 Å². The van der Waals surface area contributed by atoms with Crippen molar-refractivity contribution < 1.29 is 4.74 Å². The molecule has 1 aliphatic heterocycles. The minimum absolute atomic E-state index is 0.158. The lowest BCUT2D eigenvalue weighted by Gasteiger charge is -2.43. The number of hydrogen-bond acceptors (Lipinski definition) is 2. The first-order valence-electron chi connectivity index (χ1n) is 5.42. The van der Waals surface area contributed by atoms with Crippen LogP contribution in [0.3, 0.4) is 0 Å². The van der Waals surface area contributed by atoms with Crippen LogP contribution in [0.1, 0.15) is 33.6 Å². The second-order valence-electron chi connectivity index (χ2n) is 4.36. The number of likely N-dealkylation sites (tertiary alicyclic amines) is 1. The highest BCUT2D eigenvalue weighted by molar-refractivity contribution is 4.89. The molecule has 0 saturated carbocycles. The molecule has 1 saturated heterocycles. The fraction of sp³-hybridized carbons (Fsp3) is 1.00. The summed E-state index contributed by atoms with van der Waals surface area (Å²) in [7, 11) is 1.86. The van der Waals surface area contributed by atoms with Gasteiger partial charge in [-0.3, -0.25) is 0 Å². The average Bonchev–Trinajstić information content (AvgIpc) is 2.17. The molecular weight excluding hydrogens is 162 g/mol. The van der Waals surface area contributed by atoms with E-state index in [-0.39, 0.29) is 5.60 Å². The van der Waals surface area contributed by atoms with Crippen molar-refractivity contribution in [2.45, 2.75) is 39.2 Å². The summed E-state index contributed by atoms with van der Waals surface area (Å²) in [5, 5.41) is 0. The van der Waals surface area contributed by atoms with Crippen LogP contribution in [-0.4, -0.2) is 37.2 Å². The molecule has 0 aromatic carbocycles. The SMILES string of the molecule is CCN1CCC(OC)(C(C)C)CC1. The van der Waals surface area contributed by atoms with E-state index in [2.05, 4.69) is 25.7 Å². The van der Waals surface area contributed by atoms with Gasteiger partial charge in [-0.15, -0.1) is 0 Å². The third kappa shape index (κ3) is 2.23. The Hall–Kier alpha value is -0.0800. The van der Waals surface area contributed by atoms with Gasteiger partial charge in [0.1, 0.15) is 0 Å². The maximum atomic E-state index is 5.71. The van der Waals surface area contributed by atoms with Gasteiger partial charge >= 0.3 is 0 Å². The summed E-state index contributed by atoms with van der Waals surface area (Å²) in [5.74, 6) is 0.636. The first-order chi connectivity index (χ1) is 6.14. The summed E-state index contributed by atoms with van der Waals surface area (Å²) in [6.45, 7) is 10.3. The van der Waals surface area contributed by atoms with Crippen molar-refractivity contribution in [2.24, 2.45) is 5.92 Å². The van der Waals surface area contributed by atoms with Gasteiger partial charge in [0.05, 0.1) is 5.60 Å². The molecule has 0 bridgehead atoms. The van der Waals surface area contributed by atoms with Crippen molar-refractivity contribution in [3.05, 3.63) is 0 Å². The van der Waals surface area contributed by atoms with Crippen LogP contribution in [-0.2, 0) is 4.74 Å². The van der Waals surface area contributed by atoms with E-state index in [1.54, 1.807) is 0 Å². The van der Waals surface area contributed by atoms with Gasteiger partial charge in [-0.2, -0.15) is 0 Å². The Morgan fingerprint density at radius 2 is 1.85 bits per heavy atom. The van der Waals surface area contributed by atoms with Gasteiger partial charge in [0.25, 0.3) is 0 Å². The average molecular weight is 185 g/mol. The number of nitrogens with zero attached hydrogens (tertiary/aromatic N) is 1. The quantitative estimate of drug-likeness (QED) is 0.668. The minimum Gasteiger partial charge on any atom is -0.378 e. The topological polar surface area (TPSA) is 12.5 Å². The highest BCUT2D eigenvalue weighted by Crippen LogP contribution is 2.32. The lowest BCUT2D eigenvalue weighted by Crippen LogP contribution is -2.48. The number of piperidine rings is 1. The molecule has 0 N–H and O–H groups in total. The van der Waals surface area contributed by atoms with Crippen molar-refractivity contribution in [1.82, 2.24) is 4.90 Å². The van der Waals surface area contributed by atoms with Gasteiger partial charge in [-0.05, 0) is 25.3 Å². The second-order valence-corrected chi connectivity index (χ2v) is 4.36. The van der Waals surface area contributed by atoms with Crippen molar-refractivity contribution in [1.29, 1.82) is 0 Å². The normalized spacial score (nSPS) is 23.8. The molecule has 0 unspecified atom stereocenters. The molecule has 0 amide bonds. The molecule has 0 aromatic heterocycles. The van der Waals surface area contributed by atoms with E-state index in [0.29, 0.717) is 5.92 Å². The molecule has 0 aliphatic carbocycles. The highest BCUT2D eigenvalue weighted by Gasteiger charge is 2.36. The summed E-state index contributed by atoms with van der Waals surface area (Å²) in [4.78, 5) is 2.50. The third-order valence-corrected chi connectivity index (χ3v) is 3.61. The molecule has 1 fully saturated rings. The molecule has 2 heteroatoms. The Kier molecular flexibility index (Phi) is 3.74. The molecule has 13 heavy (non-hydrogen) atoms. The molecule has 0 radical (unpaired) electrons. The first kappa shape index (κ1) is 11.0. The second kappa shape index (κ2) is 4.43. The molecule has 0 aromatic rings. The van der Waals surface area contributed by atoms with Crippen LogP contribution in [0.2, 0.25) is 0 Å². The smallest absolute Gasteiger partial charge is 0.0725 e. The number of hydrogen-bond donors (Lipinski definition) is 0. The van der Waals surface area contributed by atoms with Gasteiger partial charge in [-0.25, -0.2) is 0 Å². The van der Waals surface area contributed by atoms with Crippen LogP contribution in [0.25, 0.3) is 0 Å². The molecule has 1 aliphatic rings. The lowest BCUT2D eigenvalue weighted by atomic mass is 9.81. The molecule has 1 rings (SSSR count).